The standard InChI is InChI=1S/C22H12N4/c1-16(20(12-23)13-24)22(21(14-25)15-26)19-10-8-18(9-11-19)7-6-17-4-2-3-5-17/h2-5,8-11,17H,1H3. The predicted molar refractivity (Wildman–Crippen MR) is 97.2 cm³/mol. The average molecular weight is 332 g/mol. The first-order valence-electron chi connectivity index (χ1n) is 7.67. The van der Waals surface area contributed by atoms with Crippen molar-refractivity contribution >= 4 is 5.57 Å². The molecule has 4 heteroatoms. The van der Waals surface area contributed by atoms with Gasteiger partial charge in [0.15, 0.2) is 0 Å². The molecule has 4 nitrogen and oxygen atoms in total. The van der Waals surface area contributed by atoms with Gasteiger partial charge in [-0.3, -0.25) is 0 Å². The van der Waals surface area contributed by atoms with Gasteiger partial charge in [0, 0.05) is 11.1 Å². The zero-order valence-electron chi connectivity index (χ0n) is 14.0. The minimum atomic E-state index is -0.148. The summed E-state index contributed by atoms with van der Waals surface area (Å²) in [7, 11) is 0. The van der Waals surface area contributed by atoms with E-state index in [1.165, 1.54) is 0 Å². The van der Waals surface area contributed by atoms with Crippen LogP contribution in [0.2, 0.25) is 0 Å². The number of nitriles is 4. The van der Waals surface area contributed by atoms with Gasteiger partial charge in [0.05, 0.1) is 5.92 Å². The summed E-state index contributed by atoms with van der Waals surface area (Å²) < 4.78 is 0. The Morgan fingerprint density at radius 3 is 1.85 bits per heavy atom. The molecule has 0 unspecified atom stereocenters. The molecular weight excluding hydrogens is 320 g/mol. The Morgan fingerprint density at radius 2 is 1.35 bits per heavy atom. The summed E-state index contributed by atoms with van der Waals surface area (Å²) in [5, 5.41) is 36.7. The number of rotatable bonds is 2. The van der Waals surface area contributed by atoms with Crippen LogP contribution in [0.25, 0.3) is 5.57 Å². The lowest BCUT2D eigenvalue weighted by atomic mass is 9.91. The maximum atomic E-state index is 9.24. The van der Waals surface area contributed by atoms with Crippen LogP contribution in [-0.2, 0) is 0 Å². The van der Waals surface area contributed by atoms with Crippen LogP contribution in [-0.4, -0.2) is 0 Å². The van der Waals surface area contributed by atoms with Crippen molar-refractivity contribution in [1.29, 1.82) is 21.0 Å². The Kier molecular flexibility index (Phi) is 5.92. The third kappa shape index (κ3) is 3.96. The van der Waals surface area contributed by atoms with Crippen LogP contribution in [0, 0.1) is 63.1 Å². The van der Waals surface area contributed by atoms with Gasteiger partial charge in [-0.25, -0.2) is 0 Å². The van der Waals surface area contributed by atoms with Crippen molar-refractivity contribution in [1.82, 2.24) is 0 Å². The summed E-state index contributed by atoms with van der Waals surface area (Å²) in [4.78, 5) is 0. The van der Waals surface area contributed by atoms with E-state index in [0.29, 0.717) is 11.1 Å². The second-order valence-corrected chi connectivity index (χ2v) is 5.34. The second kappa shape index (κ2) is 8.52. The van der Waals surface area contributed by atoms with E-state index in [-0.39, 0.29) is 22.6 Å². The Morgan fingerprint density at radius 1 is 0.808 bits per heavy atom. The van der Waals surface area contributed by atoms with Gasteiger partial charge in [0.25, 0.3) is 0 Å². The highest BCUT2D eigenvalue weighted by Gasteiger charge is 2.15. The Hall–Kier alpha value is -4.30. The monoisotopic (exact) mass is 332 g/mol. The summed E-state index contributed by atoms with van der Waals surface area (Å²) in [5.74, 6) is 6.29. The van der Waals surface area contributed by atoms with Gasteiger partial charge in [-0.1, -0.05) is 48.3 Å². The molecule has 0 saturated carbocycles. The molecule has 1 aliphatic carbocycles. The van der Waals surface area contributed by atoms with Crippen molar-refractivity contribution in [3.05, 3.63) is 76.4 Å². The van der Waals surface area contributed by atoms with Crippen LogP contribution in [0.5, 0.6) is 0 Å². The third-order valence-electron chi connectivity index (χ3n) is 3.75. The number of allylic oxidation sites excluding steroid dienone is 8. The lowest BCUT2D eigenvalue weighted by Crippen LogP contribution is -1.95. The van der Waals surface area contributed by atoms with Crippen LogP contribution < -0.4 is 0 Å². The first-order chi connectivity index (χ1) is 12.6. The Labute approximate surface area is 152 Å². The molecule has 1 aliphatic rings. The van der Waals surface area contributed by atoms with E-state index in [1.54, 1.807) is 43.3 Å². The third-order valence-corrected chi connectivity index (χ3v) is 3.75. The van der Waals surface area contributed by atoms with Gasteiger partial charge in [-0.05, 0) is 30.2 Å². The Bertz CT molecular complexity index is 1030. The highest BCUT2D eigenvalue weighted by molar-refractivity contribution is 5.87. The molecule has 0 aromatic heterocycles. The van der Waals surface area contributed by atoms with Crippen molar-refractivity contribution in [2.75, 3.05) is 0 Å². The van der Waals surface area contributed by atoms with Crippen molar-refractivity contribution in [2.45, 2.75) is 6.92 Å². The molecule has 0 spiro atoms. The molecule has 2 rings (SSSR count). The fourth-order valence-corrected chi connectivity index (χ4v) is 2.42. The molecule has 0 radical (unpaired) electrons. The zero-order valence-corrected chi connectivity index (χ0v) is 14.0. The molecule has 0 aliphatic heterocycles. The smallest absolute Gasteiger partial charge is 0.137 e. The molecule has 0 atom stereocenters. The minimum absolute atomic E-state index is 0.105. The van der Waals surface area contributed by atoms with E-state index in [4.69, 9.17) is 10.5 Å². The normalized spacial score (nSPS) is 11.1. The van der Waals surface area contributed by atoms with Crippen LogP contribution >= 0.6 is 0 Å². The van der Waals surface area contributed by atoms with Crippen LogP contribution in [0.3, 0.4) is 0 Å². The van der Waals surface area contributed by atoms with Crippen molar-refractivity contribution in [3.63, 3.8) is 0 Å². The van der Waals surface area contributed by atoms with Crippen molar-refractivity contribution in [2.24, 2.45) is 5.92 Å². The maximum Gasteiger partial charge on any atom is 0.137 e. The SMILES string of the molecule is CC(=C(C#N)C#N)C(=C(C#N)C#N)c1ccc(C#CC2C=CC=C2)cc1. The first kappa shape index (κ1) is 18.0. The summed E-state index contributed by atoms with van der Waals surface area (Å²) in [6.45, 7) is 1.55. The molecule has 0 amide bonds. The zero-order chi connectivity index (χ0) is 18.9. The van der Waals surface area contributed by atoms with Gasteiger partial charge in [0.2, 0.25) is 0 Å². The van der Waals surface area contributed by atoms with E-state index < -0.39 is 0 Å². The summed E-state index contributed by atoms with van der Waals surface area (Å²) in [5.41, 5.74) is 1.68. The van der Waals surface area contributed by atoms with Gasteiger partial charge >= 0.3 is 0 Å². The molecule has 26 heavy (non-hydrogen) atoms. The minimum Gasteiger partial charge on any atom is -0.192 e. The van der Waals surface area contributed by atoms with E-state index in [9.17, 15) is 10.5 Å². The highest BCUT2D eigenvalue weighted by Crippen LogP contribution is 2.28. The van der Waals surface area contributed by atoms with Gasteiger partial charge in [-0.2, -0.15) is 21.0 Å². The maximum absolute atomic E-state index is 9.24. The van der Waals surface area contributed by atoms with E-state index in [0.717, 1.165) is 5.56 Å². The highest BCUT2D eigenvalue weighted by atomic mass is 14.3. The van der Waals surface area contributed by atoms with E-state index in [2.05, 4.69) is 11.8 Å². The van der Waals surface area contributed by atoms with Crippen LogP contribution in [0.15, 0.2) is 65.3 Å². The van der Waals surface area contributed by atoms with Crippen LogP contribution in [0.1, 0.15) is 18.1 Å². The molecule has 0 saturated heterocycles. The van der Waals surface area contributed by atoms with E-state index in [1.807, 2.05) is 36.4 Å². The molecule has 0 N–H and O–H groups in total. The molecule has 120 valence electrons. The molecule has 0 fully saturated rings. The topological polar surface area (TPSA) is 95.2 Å². The lowest BCUT2D eigenvalue weighted by molar-refractivity contribution is 1.15. The summed E-state index contributed by atoms with van der Waals surface area (Å²) in [6.07, 6.45) is 7.88. The number of hydrogen-bond acceptors (Lipinski definition) is 4. The van der Waals surface area contributed by atoms with Crippen molar-refractivity contribution < 1.29 is 0 Å². The fraction of sp³-hybridized carbons (Fsp3) is 0.0909. The fourth-order valence-electron chi connectivity index (χ4n) is 2.42. The van der Waals surface area contributed by atoms with Crippen molar-refractivity contribution in [3.8, 4) is 36.1 Å². The van der Waals surface area contributed by atoms with E-state index >= 15 is 0 Å². The van der Waals surface area contributed by atoms with Gasteiger partial charge in [-0.15, -0.1) is 0 Å². The largest absolute Gasteiger partial charge is 0.192 e. The van der Waals surface area contributed by atoms with Gasteiger partial charge in [0.1, 0.15) is 35.4 Å². The first-order valence-corrected chi connectivity index (χ1v) is 7.67. The quantitative estimate of drug-likeness (QED) is 0.465. The second-order valence-electron chi connectivity index (χ2n) is 5.34. The molecule has 0 bridgehead atoms. The van der Waals surface area contributed by atoms with Crippen LogP contribution in [0.4, 0.5) is 0 Å². The molecule has 0 heterocycles. The molecule has 1 aromatic rings. The molecule has 1 aromatic carbocycles. The van der Waals surface area contributed by atoms with Gasteiger partial charge < -0.3 is 0 Å². The molecular formula is C22H12N4. The number of hydrogen-bond donors (Lipinski definition) is 0. The summed E-state index contributed by atoms with van der Waals surface area (Å²) in [6, 6.07) is 14.3. The number of benzene rings is 1. The average Bonchev–Trinajstić information content (AvgIpc) is 3.19. The summed E-state index contributed by atoms with van der Waals surface area (Å²) >= 11 is 0. The number of nitrogens with zero attached hydrogens (tertiary/aromatic N) is 4. The lowest BCUT2D eigenvalue weighted by Gasteiger charge is -2.09. The predicted octanol–water partition coefficient (Wildman–Crippen LogP) is 3.94. The Balaban J connectivity index is 2.49.